The molecule has 0 unspecified atom stereocenters. The lowest BCUT2D eigenvalue weighted by molar-refractivity contribution is 0.463. The molecule has 0 radical (unpaired) electrons. The smallest absolute Gasteiger partial charge is 0.149 e. The van der Waals surface area contributed by atoms with E-state index in [4.69, 9.17) is 0 Å². The fourth-order valence-electron chi connectivity index (χ4n) is 4.03. The van der Waals surface area contributed by atoms with E-state index in [0.717, 1.165) is 24.3 Å². The van der Waals surface area contributed by atoms with Crippen molar-refractivity contribution >= 4 is 21.6 Å². The van der Waals surface area contributed by atoms with E-state index >= 15 is 0 Å². The van der Waals surface area contributed by atoms with Crippen LogP contribution in [0.2, 0.25) is 0 Å². The Kier molecular flexibility index (Phi) is 5.02. The second kappa shape index (κ2) is 7.37. The molecule has 7 heteroatoms. The lowest BCUT2D eigenvalue weighted by Crippen LogP contribution is -2.44. The van der Waals surface area contributed by atoms with Gasteiger partial charge in [0.05, 0.1) is 17.3 Å². The van der Waals surface area contributed by atoms with Crippen molar-refractivity contribution in [1.29, 1.82) is 0 Å². The monoisotopic (exact) mass is 465 g/mol. The number of hydrogen-bond donors (Lipinski definition) is 1. The number of rotatable bonds is 2. The summed E-state index contributed by atoms with van der Waals surface area (Å²) in [5, 5.41) is 9.86. The van der Waals surface area contributed by atoms with Crippen LogP contribution < -0.4 is 4.90 Å². The summed E-state index contributed by atoms with van der Waals surface area (Å²) in [5.74, 6) is -3.10. The number of halogens is 5. The predicted molar refractivity (Wildman–Crippen MR) is 106 cm³/mol. The van der Waals surface area contributed by atoms with Gasteiger partial charge in [-0.3, -0.25) is 0 Å². The van der Waals surface area contributed by atoms with Crippen LogP contribution in [-0.2, 0) is 6.42 Å². The van der Waals surface area contributed by atoms with Crippen molar-refractivity contribution in [3.63, 3.8) is 0 Å². The molecule has 0 aromatic heterocycles. The molecule has 1 N–H and O–H groups in total. The summed E-state index contributed by atoms with van der Waals surface area (Å²) in [5.41, 5.74) is 1.06. The third kappa shape index (κ3) is 3.48. The minimum absolute atomic E-state index is 0.0351. The Hall–Kier alpha value is -2.54. The van der Waals surface area contributed by atoms with E-state index in [0.29, 0.717) is 17.5 Å². The molecule has 0 saturated heterocycles. The highest BCUT2D eigenvalue weighted by Gasteiger charge is 2.38. The van der Waals surface area contributed by atoms with Gasteiger partial charge in [-0.2, -0.15) is 0 Å². The van der Waals surface area contributed by atoms with Crippen LogP contribution in [0.5, 0.6) is 5.75 Å². The fraction of sp³-hybridized carbons (Fsp3) is 0.182. The van der Waals surface area contributed by atoms with Crippen molar-refractivity contribution in [1.82, 2.24) is 0 Å². The van der Waals surface area contributed by atoms with E-state index in [1.54, 1.807) is 24.0 Å². The first-order valence-corrected chi connectivity index (χ1v) is 9.75. The summed E-state index contributed by atoms with van der Waals surface area (Å²) in [6, 6.07) is 8.61. The van der Waals surface area contributed by atoms with Crippen LogP contribution in [0.25, 0.3) is 0 Å². The molecule has 2 nitrogen and oxygen atoms in total. The quantitative estimate of drug-likeness (QED) is 0.452. The van der Waals surface area contributed by atoms with Gasteiger partial charge in [0.1, 0.15) is 29.0 Å². The van der Waals surface area contributed by atoms with Gasteiger partial charge in [0.2, 0.25) is 0 Å². The lowest BCUT2D eigenvalue weighted by Gasteiger charge is -2.44. The molecule has 2 atom stereocenters. The molecule has 1 aliphatic heterocycles. The fourth-order valence-corrected chi connectivity index (χ4v) is 4.43. The summed E-state index contributed by atoms with van der Waals surface area (Å²) in [7, 11) is 0. The number of phenols is 1. The molecular weight excluding hydrogens is 450 g/mol. The number of anilines is 1. The Labute approximate surface area is 173 Å². The van der Waals surface area contributed by atoms with Crippen LogP contribution in [-0.4, -0.2) is 11.1 Å². The lowest BCUT2D eigenvalue weighted by atomic mass is 9.84. The Bertz CT molecular complexity index is 1080. The molecule has 29 heavy (non-hydrogen) atoms. The summed E-state index contributed by atoms with van der Waals surface area (Å²) in [6.07, 6.45) is 0.414. The predicted octanol–water partition coefficient (Wildman–Crippen LogP) is 6.25. The van der Waals surface area contributed by atoms with Gasteiger partial charge in [-0.15, -0.1) is 0 Å². The number of benzene rings is 3. The third-order valence-electron chi connectivity index (χ3n) is 5.19. The van der Waals surface area contributed by atoms with Crippen molar-refractivity contribution in [2.24, 2.45) is 0 Å². The average molecular weight is 466 g/mol. The second-order valence-corrected chi connectivity index (χ2v) is 8.04. The topological polar surface area (TPSA) is 23.5 Å². The number of hydrogen-bond acceptors (Lipinski definition) is 2. The second-order valence-electron chi connectivity index (χ2n) is 7.12. The van der Waals surface area contributed by atoms with Crippen molar-refractivity contribution in [3.8, 4) is 5.75 Å². The van der Waals surface area contributed by atoms with Crippen LogP contribution in [0.3, 0.4) is 0 Å². The first-order chi connectivity index (χ1) is 13.8. The van der Waals surface area contributed by atoms with Gasteiger partial charge in [0.25, 0.3) is 0 Å². The van der Waals surface area contributed by atoms with Gasteiger partial charge in [0.15, 0.2) is 0 Å². The molecule has 0 amide bonds. The Morgan fingerprint density at radius 1 is 0.931 bits per heavy atom. The standard InChI is InChI=1S/C22H16BrF4NO/c1-11-6-12-7-15(29)3-4-16(12)22(21-18(26)8-13(23)9-19(21)27)28(11)20-5-2-14(24)10-17(20)25/h2-5,7-11,22,29H,6H2,1H3/t11-,22+/m1/s1. The van der Waals surface area contributed by atoms with Gasteiger partial charge in [0, 0.05) is 16.6 Å². The minimum Gasteiger partial charge on any atom is -0.508 e. The Morgan fingerprint density at radius 3 is 2.28 bits per heavy atom. The maximum atomic E-state index is 15.0. The molecule has 3 aromatic rings. The first kappa shape index (κ1) is 19.8. The molecule has 0 saturated carbocycles. The Balaban J connectivity index is 2.00. The molecule has 0 bridgehead atoms. The zero-order valence-corrected chi connectivity index (χ0v) is 16.9. The van der Waals surface area contributed by atoms with E-state index in [1.807, 2.05) is 0 Å². The summed E-state index contributed by atoms with van der Waals surface area (Å²) in [6.45, 7) is 1.79. The molecule has 0 aliphatic carbocycles. The highest BCUT2D eigenvalue weighted by molar-refractivity contribution is 9.10. The molecular formula is C22H16BrF4NO. The summed E-state index contributed by atoms with van der Waals surface area (Å²) in [4.78, 5) is 1.56. The zero-order chi connectivity index (χ0) is 20.9. The number of nitrogens with zero attached hydrogens (tertiary/aromatic N) is 1. The number of phenolic OH excluding ortho intramolecular Hbond substituents is 1. The van der Waals surface area contributed by atoms with Gasteiger partial charge in [-0.1, -0.05) is 22.0 Å². The van der Waals surface area contributed by atoms with Crippen LogP contribution in [0.15, 0.2) is 53.0 Å². The normalized spacial score (nSPS) is 18.6. The zero-order valence-electron chi connectivity index (χ0n) is 15.3. The first-order valence-electron chi connectivity index (χ1n) is 8.96. The molecule has 4 rings (SSSR count). The van der Waals surface area contributed by atoms with E-state index < -0.39 is 29.3 Å². The van der Waals surface area contributed by atoms with Crippen molar-refractivity contribution in [2.45, 2.75) is 25.4 Å². The van der Waals surface area contributed by atoms with E-state index in [9.17, 15) is 22.7 Å². The van der Waals surface area contributed by atoms with Crippen LogP contribution in [0.1, 0.15) is 29.7 Å². The number of aromatic hydroxyl groups is 1. The minimum atomic E-state index is -0.998. The molecule has 150 valence electrons. The van der Waals surface area contributed by atoms with Crippen LogP contribution >= 0.6 is 15.9 Å². The third-order valence-corrected chi connectivity index (χ3v) is 5.65. The van der Waals surface area contributed by atoms with E-state index in [2.05, 4.69) is 15.9 Å². The largest absolute Gasteiger partial charge is 0.508 e. The van der Waals surface area contributed by atoms with Gasteiger partial charge in [-0.25, -0.2) is 17.6 Å². The molecule has 0 spiro atoms. The number of fused-ring (bicyclic) bond motifs is 1. The van der Waals surface area contributed by atoms with E-state index in [1.165, 1.54) is 12.1 Å². The SMILES string of the molecule is C[C@@H]1Cc2cc(O)ccc2[C@@H](c2c(F)cc(Br)cc2F)N1c1ccc(F)cc1F. The maximum absolute atomic E-state index is 15.0. The van der Waals surface area contributed by atoms with Gasteiger partial charge in [-0.05, 0) is 60.9 Å². The van der Waals surface area contributed by atoms with Gasteiger partial charge >= 0.3 is 0 Å². The molecule has 0 fully saturated rings. The van der Waals surface area contributed by atoms with E-state index in [-0.39, 0.29) is 27.5 Å². The highest BCUT2D eigenvalue weighted by atomic mass is 79.9. The molecule has 1 heterocycles. The van der Waals surface area contributed by atoms with Crippen LogP contribution in [0, 0.1) is 23.3 Å². The van der Waals surface area contributed by atoms with Crippen molar-refractivity contribution in [3.05, 3.63) is 93.0 Å². The summed E-state index contributed by atoms with van der Waals surface area (Å²) < 4.78 is 58.3. The van der Waals surface area contributed by atoms with Crippen molar-refractivity contribution in [2.75, 3.05) is 4.90 Å². The van der Waals surface area contributed by atoms with Crippen LogP contribution in [0.4, 0.5) is 23.2 Å². The van der Waals surface area contributed by atoms with Gasteiger partial charge < -0.3 is 10.0 Å². The van der Waals surface area contributed by atoms with Crippen molar-refractivity contribution < 1.29 is 22.7 Å². The summed E-state index contributed by atoms with van der Waals surface area (Å²) >= 11 is 3.08. The Morgan fingerprint density at radius 2 is 1.62 bits per heavy atom. The maximum Gasteiger partial charge on any atom is 0.149 e. The molecule has 3 aromatic carbocycles. The molecule has 1 aliphatic rings. The highest BCUT2D eigenvalue weighted by Crippen LogP contribution is 2.44. The average Bonchev–Trinajstić information content (AvgIpc) is 2.61.